The fourth-order valence-corrected chi connectivity index (χ4v) is 2.86. The lowest BCUT2D eigenvalue weighted by Gasteiger charge is -2.31. The molecule has 5 heteroatoms. The third-order valence-corrected chi connectivity index (χ3v) is 4.02. The zero-order chi connectivity index (χ0) is 14.8. The molecule has 0 atom stereocenters. The van der Waals surface area contributed by atoms with Crippen LogP contribution in [0, 0.1) is 13.8 Å². The van der Waals surface area contributed by atoms with Gasteiger partial charge in [0.1, 0.15) is 12.4 Å². The number of rotatable bonds is 4. The summed E-state index contributed by atoms with van der Waals surface area (Å²) in [5.41, 5.74) is 4.54. The maximum atomic E-state index is 9.11. The van der Waals surface area contributed by atoms with Crippen molar-refractivity contribution >= 4 is 5.69 Å². The van der Waals surface area contributed by atoms with Crippen LogP contribution in [0.2, 0.25) is 0 Å². The molecule has 0 unspecified atom stereocenters. The molecule has 5 nitrogen and oxygen atoms in total. The normalized spacial score (nSPS) is 14.0. The molecular formula is C16H21N3O2. The summed E-state index contributed by atoms with van der Waals surface area (Å²) in [5.74, 6) is 0.946. The van der Waals surface area contributed by atoms with E-state index in [-0.39, 0.29) is 6.61 Å². The quantitative estimate of drug-likeness (QED) is 0.933. The second-order valence-electron chi connectivity index (χ2n) is 5.33. The first-order chi connectivity index (χ1) is 10.2. The minimum absolute atomic E-state index is 0.113. The summed E-state index contributed by atoms with van der Waals surface area (Å²) in [7, 11) is 0. The Morgan fingerprint density at radius 1 is 1.29 bits per heavy atom. The van der Waals surface area contributed by atoms with Crippen molar-refractivity contribution in [2.75, 3.05) is 24.7 Å². The molecule has 0 bridgehead atoms. The molecule has 1 aromatic carbocycles. The number of fused-ring (bicyclic) bond motifs is 1. The molecule has 0 saturated heterocycles. The Morgan fingerprint density at radius 2 is 2.10 bits per heavy atom. The van der Waals surface area contributed by atoms with Crippen LogP contribution in [-0.4, -0.2) is 34.6 Å². The predicted molar refractivity (Wildman–Crippen MR) is 81.8 cm³/mol. The number of hydrogen-bond acceptors (Lipinski definition) is 4. The zero-order valence-corrected chi connectivity index (χ0v) is 12.5. The van der Waals surface area contributed by atoms with Crippen molar-refractivity contribution in [2.24, 2.45) is 0 Å². The lowest BCUT2D eigenvalue weighted by molar-refractivity contribution is 0.267. The summed E-state index contributed by atoms with van der Waals surface area (Å²) in [6.07, 6.45) is 0. The summed E-state index contributed by atoms with van der Waals surface area (Å²) in [4.78, 5) is 2.33. The number of aliphatic hydroxyl groups is 1. The van der Waals surface area contributed by atoms with Gasteiger partial charge in [-0.3, -0.25) is 4.68 Å². The van der Waals surface area contributed by atoms with Gasteiger partial charge in [0.25, 0.3) is 0 Å². The summed E-state index contributed by atoms with van der Waals surface area (Å²) in [6, 6.07) is 8.14. The van der Waals surface area contributed by atoms with Crippen molar-refractivity contribution in [1.82, 2.24) is 9.78 Å². The Balaban J connectivity index is 1.88. The van der Waals surface area contributed by atoms with Gasteiger partial charge in [0, 0.05) is 17.8 Å². The minimum atomic E-state index is 0.113. The van der Waals surface area contributed by atoms with Crippen LogP contribution in [0.3, 0.4) is 0 Å². The SMILES string of the molecule is Cc1nn(CCO)c(C)c1CN1CCOc2ccccc21. The maximum Gasteiger partial charge on any atom is 0.142 e. The smallest absolute Gasteiger partial charge is 0.142 e. The van der Waals surface area contributed by atoms with E-state index in [1.165, 1.54) is 5.56 Å². The van der Waals surface area contributed by atoms with E-state index in [0.29, 0.717) is 13.2 Å². The average Bonchev–Trinajstić information content (AvgIpc) is 2.76. The number of hydrogen-bond donors (Lipinski definition) is 1. The maximum absolute atomic E-state index is 9.11. The van der Waals surface area contributed by atoms with E-state index in [9.17, 15) is 0 Å². The highest BCUT2D eigenvalue weighted by Gasteiger charge is 2.20. The van der Waals surface area contributed by atoms with E-state index in [1.807, 2.05) is 29.8 Å². The molecule has 1 aliphatic rings. The summed E-state index contributed by atoms with van der Waals surface area (Å²) in [5, 5.41) is 13.6. The number of para-hydroxylation sites is 2. The third-order valence-electron chi connectivity index (χ3n) is 4.02. The number of ether oxygens (including phenoxy) is 1. The number of aliphatic hydroxyl groups excluding tert-OH is 1. The van der Waals surface area contributed by atoms with Gasteiger partial charge < -0.3 is 14.7 Å². The van der Waals surface area contributed by atoms with Crippen LogP contribution >= 0.6 is 0 Å². The molecule has 0 aliphatic carbocycles. The van der Waals surface area contributed by atoms with Crippen molar-refractivity contribution in [3.05, 3.63) is 41.2 Å². The zero-order valence-electron chi connectivity index (χ0n) is 12.5. The van der Waals surface area contributed by atoms with Gasteiger partial charge in [0.15, 0.2) is 0 Å². The average molecular weight is 287 g/mol. The lowest BCUT2D eigenvalue weighted by atomic mass is 10.1. The van der Waals surface area contributed by atoms with Crippen LogP contribution in [0.1, 0.15) is 17.0 Å². The van der Waals surface area contributed by atoms with Gasteiger partial charge in [-0.1, -0.05) is 12.1 Å². The Kier molecular flexibility index (Phi) is 3.84. The predicted octanol–water partition coefficient (Wildman–Crippen LogP) is 1.89. The van der Waals surface area contributed by atoms with Crippen LogP contribution in [0.25, 0.3) is 0 Å². The molecular weight excluding hydrogens is 266 g/mol. The van der Waals surface area contributed by atoms with Gasteiger partial charge in [-0.05, 0) is 26.0 Å². The second-order valence-corrected chi connectivity index (χ2v) is 5.33. The molecule has 112 valence electrons. The van der Waals surface area contributed by atoms with Gasteiger partial charge in [-0.25, -0.2) is 0 Å². The van der Waals surface area contributed by atoms with E-state index in [2.05, 4.69) is 23.0 Å². The fourth-order valence-electron chi connectivity index (χ4n) is 2.86. The van der Waals surface area contributed by atoms with E-state index >= 15 is 0 Å². The number of aryl methyl sites for hydroxylation is 1. The molecule has 1 aromatic heterocycles. The van der Waals surface area contributed by atoms with E-state index in [0.717, 1.165) is 35.9 Å². The van der Waals surface area contributed by atoms with Gasteiger partial charge >= 0.3 is 0 Å². The molecule has 0 radical (unpaired) electrons. The first-order valence-corrected chi connectivity index (χ1v) is 7.31. The minimum Gasteiger partial charge on any atom is -0.490 e. The Hall–Kier alpha value is -2.01. The Bertz CT molecular complexity index is 636. The number of aromatic nitrogens is 2. The molecule has 21 heavy (non-hydrogen) atoms. The summed E-state index contributed by atoms with van der Waals surface area (Å²) < 4.78 is 7.59. The summed E-state index contributed by atoms with van der Waals surface area (Å²) >= 11 is 0. The van der Waals surface area contributed by atoms with E-state index < -0.39 is 0 Å². The van der Waals surface area contributed by atoms with Gasteiger partial charge in [-0.15, -0.1) is 0 Å². The lowest BCUT2D eigenvalue weighted by Crippen LogP contribution is -2.32. The molecule has 0 amide bonds. The second kappa shape index (κ2) is 5.77. The fraction of sp³-hybridized carbons (Fsp3) is 0.438. The Labute approximate surface area is 124 Å². The number of nitrogens with zero attached hydrogens (tertiary/aromatic N) is 3. The number of benzene rings is 1. The highest BCUT2D eigenvalue weighted by atomic mass is 16.5. The molecule has 2 heterocycles. The van der Waals surface area contributed by atoms with Gasteiger partial charge in [-0.2, -0.15) is 5.10 Å². The van der Waals surface area contributed by atoms with E-state index in [4.69, 9.17) is 9.84 Å². The molecule has 2 aromatic rings. The first-order valence-electron chi connectivity index (χ1n) is 7.31. The molecule has 3 rings (SSSR count). The Morgan fingerprint density at radius 3 is 2.90 bits per heavy atom. The first kappa shape index (κ1) is 13.9. The van der Waals surface area contributed by atoms with Crippen molar-refractivity contribution in [1.29, 1.82) is 0 Å². The van der Waals surface area contributed by atoms with Crippen molar-refractivity contribution in [3.8, 4) is 5.75 Å². The molecule has 0 fully saturated rings. The topological polar surface area (TPSA) is 50.5 Å². The van der Waals surface area contributed by atoms with Gasteiger partial charge in [0.05, 0.1) is 31.1 Å². The van der Waals surface area contributed by atoms with Crippen molar-refractivity contribution < 1.29 is 9.84 Å². The van der Waals surface area contributed by atoms with Crippen LogP contribution in [0.5, 0.6) is 5.75 Å². The highest BCUT2D eigenvalue weighted by Crippen LogP contribution is 2.32. The monoisotopic (exact) mass is 287 g/mol. The van der Waals surface area contributed by atoms with Crippen LogP contribution in [-0.2, 0) is 13.1 Å². The molecule has 0 saturated carbocycles. The molecule has 1 N–H and O–H groups in total. The molecule has 0 spiro atoms. The van der Waals surface area contributed by atoms with Crippen LogP contribution < -0.4 is 9.64 Å². The van der Waals surface area contributed by atoms with Crippen molar-refractivity contribution in [2.45, 2.75) is 26.9 Å². The largest absolute Gasteiger partial charge is 0.490 e. The standard InChI is InChI=1S/C16H21N3O2/c1-12-14(13(2)19(17-12)7-9-20)11-18-8-10-21-16-6-4-3-5-15(16)18/h3-6,20H,7-11H2,1-2H3. The third kappa shape index (κ3) is 2.61. The van der Waals surface area contributed by atoms with Crippen LogP contribution in [0.15, 0.2) is 24.3 Å². The van der Waals surface area contributed by atoms with E-state index in [1.54, 1.807) is 0 Å². The highest BCUT2D eigenvalue weighted by molar-refractivity contribution is 5.60. The number of anilines is 1. The summed E-state index contributed by atoms with van der Waals surface area (Å²) in [6.45, 7) is 7.17. The van der Waals surface area contributed by atoms with Gasteiger partial charge in [0.2, 0.25) is 0 Å². The van der Waals surface area contributed by atoms with Crippen LogP contribution in [0.4, 0.5) is 5.69 Å². The molecule has 1 aliphatic heterocycles. The van der Waals surface area contributed by atoms with Crippen molar-refractivity contribution in [3.63, 3.8) is 0 Å².